The molecular weight excluding hydrogens is 701 g/mol. The van der Waals surface area contributed by atoms with E-state index >= 15 is 0 Å². The average Bonchev–Trinajstić information content (AvgIpc) is 3.79. The number of para-hydroxylation sites is 1. The normalized spacial score (nSPS) is 11.9. The summed E-state index contributed by atoms with van der Waals surface area (Å²) in [5.74, 6) is 1.93. The molecule has 0 N–H and O–H groups in total. The maximum Gasteiger partial charge on any atom is 0.164 e. The first-order valence-electron chi connectivity index (χ1n) is 18.8. The number of benzene rings is 9. The lowest BCUT2D eigenvalue weighted by Crippen LogP contribution is -2.02. The Labute approximate surface area is 325 Å². The molecule has 0 aliphatic carbocycles. The average molecular weight is 731 g/mol. The first kappa shape index (κ1) is 31.2. The number of rotatable bonds is 4. The van der Waals surface area contributed by atoms with E-state index in [1.807, 2.05) is 0 Å². The summed E-state index contributed by atoms with van der Waals surface area (Å²) in [6.07, 6.45) is 0. The second kappa shape index (κ2) is 12.2. The van der Waals surface area contributed by atoms with Crippen molar-refractivity contribution in [1.82, 2.24) is 19.5 Å². The van der Waals surface area contributed by atoms with Gasteiger partial charge in [0.1, 0.15) is 0 Å². The van der Waals surface area contributed by atoms with Crippen molar-refractivity contribution < 1.29 is 0 Å². The van der Waals surface area contributed by atoms with Gasteiger partial charge < -0.3 is 4.57 Å². The Hall–Kier alpha value is -7.21. The van der Waals surface area contributed by atoms with Gasteiger partial charge in [0.05, 0.1) is 11.0 Å². The van der Waals surface area contributed by atoms with Crippen LogP contribution in [0.2, 0.25) is 0 Å². The van der Waals surface area contributed by atoms with Crippen LogP contribution < -0.4 is 0 Å². The predicted molar refractivity (Wildman–Crippen MR) is 236 cm³/mol. The molecule has 0 amide bonds. The van der Waals surface area contributed by atoms with Crippen molar-refractivity contribution in [3.63, 3.8) is 0 Å². The molecule has 0 aliphatic heterocycles. The SMILES string of the molecule is c1ccc2cc(-c3nc(-c4ccc5c(c4)sc4ccccc45)nc(-c4cc(-n5c6ccccc6c6cc7ccccc7cc65)cc5ccccc45)n3)ccc2c1. The smallest absolute Gasteiger partial charge is 0.164 e. The maximum absolute atomic E-state index is 5.33. The van der Waals surface area contributed by atoms with Gasteiger partial charge >= 0.3 is 0 Å². The van der Waals surface area contributed by atoms with Crippen molar-refractivity contribution >= 4 is 85.6 Å². The molecule has 4 nitrogen and oxygen atoms in total. The van der Waals surface area contributed by atoms with Crippen LogP contribution in [0.4, 0.5) is 0 Å². The lowest BCUT2D eigenvalue weighted by atomic mass is 10.0. The number of thiophene rings is 1. The first-order valence-corrected chi connectivity index (χ1v) is 19.7. The predicted octanol–water partition coefficient (Wildman–Crippen LogP) is 13.8. The molecule has 3 aromatic heterocycles. The first-order chi connectivity index (χ1) is 27.7. The molecule has 0 bridgehead atoms. The summed E-state index contributed by atoms with van der Waals surface area (Å²) >= 11 is 1.80. The van der Waals surface area contributed by atoms with E-state index in [0.29, 0.717) is 17.5 Å². The van der Waals surface area contributed by atoms with Gasteiger partial charge in [0, 0.05) is 53.3 Å². The van der Waals surface area contributed by atoms with Crippen molar-refractivity contribution in [2.75, 3.05) is 0 Å². The van der Waals surface area contributed by atoms with Gasteiger partial charge in [-0.05, 0) is 80.8 Å². The Bertz CT molecular complexity index is 3560. The zero-order chi connectivity index (χ0) is 36.7. The lowest BCUT2D eigenvalue weighted by Gasteiger charge is -2.15. The number of fused-ring (bicyclic) bond motifs is 9. The zero-order valence-electron chi connectivity index (χ0n) is 30.0. The third kappa shape index (κ3) is 4.88. The van der Waals surface area contributed by atoms with E-state index in [2.05, 4.69) is 187 Å². The van der Waals surface area contributed by atoms with Crippen molar-refractivity contribution in [1.29, 1.82) is 0 Å². The maximum atomic E-state index is 5.33. The van der Waals surface area contributed by atoms with Crippen LogP contribution in [0, 0.1) is 0 Å². The summed E-state index contributed by atoms with van der Waals surface area (Å²) in [5, 5.41) is 11.9. The number of hydrogen-bond acceptors (Lipinski definition) is 4. The minimum atomic E-state index is 0.638. The van der Waals surface area contributed by atoms with Crippen LogP contribution in [-0.2, 0) is 0 Å². The molecule has 5 heteroatoms. The topological polar surface area (TPSA) is 43.6 Å². The van der Waals surface area contributed by atoms with E-state index in [1.54, 1.807) is 11.3 Å². The van der Waals surface area contributed by atoms with E-state index < -0.39 is 0 Å². The van der Waals surface area contributed by atoms with E-state index in [1.165, 1.54) is 47.1 Å². The van der Waals surface area contributed by atoms with Crippen LogP contribution in [-0.4, -0.2) is 19.5 Å². The molecule has 3 heterocycles. The van der Waals surface area contributed by atoms with E-state index in [4.69, 9.17) is 15.0 Å². The minimum absolute atomic E-state index is 0.638. The quantitative estimate of drug-likeness (QED) is 0.181. The van der Waals surface area contributed by atoms with Crippen LogP contribution in [0.25, 0.3) is 114 Å². The van der Waals surface area contributed by atoms with Gasteiger partial charge in [0.25, 0.3) is 0 Å². The van der Waals surface area contributed by atoms with Gasteiger partial charge in [-0.2, -0.15) is 0 Å². The summed E-state index contributed by atoms with van der Waals surface area (Å²) < 4.78 is 4.88. The number of hydrogen-bond donors (Lipinski definition) is 0. The Morgan fingerprint density at radius 1 is 0.339 bits per heavy atom. The van der Waals surface area contributed by atoms with Gasteiger partial charge in [0.2, 0.25) is 0 Å². The fourth-order valence-corrected chi connectivity index (χ4v) is 9.64. The highest BCUT2D eigenvalue weighted by atomic mass is 32.1. The van der Waals surface area contributed by atoms with Crippen LogP contribution >= 0.6 is 11.3 Å². The molecule has 0 saturated carbocycles. The second-order valence-corrected chi connectivity index (χ2v) is 15.5. The van der Waals surface area contributed by atoms with Crippen molar-refractivity contribution in [2.24, 2.45) is 0 Å². The number of aromatic nitrogens is 4. The monoisotopic (exact) mass is 730 g/mol. The fraction of sp³-hybridized carbons (Fsp3) is 0. The van der Waals surface area contributed by atoms with Gasteiger partial charge in [-0.25, -0.2) is 15.0 Å². The van der Waals surface area contributed by atoms with Crippen LogP contribution in [0.5, 0.6) is 0 Å². The molecule has 0 atom stereocenters. The van der Waals surface area contributed by atoms with E-state index in [0.717, 1.165) is 49.6 Å². The molecule has 260 valence electrons. The number of nitrogens with zero attached hydrogens (tertiary/aromatic N) is 4. The molecule has 0 aliphatic rings. The fourth-order valence-electron chi connectivity index (χ4n) is 8.49. The molecule has 12 rings (SSSR count). The van der Waals surface area contributed by atoms with Crippen LogP contribution in [0.1, 0.15) is 0 Å². The minimum Gasteiger partial charge on any atom is -0.309 e. The van der Waals surface area contributed by atoms with Crippen LogP contribution in [0.3, 0.4) is 0 Å². The molecule has 12 aromatic rings. The molecular formula is C51H30N4S. The molecule has 56 heavy (non-hydrogen) atoms. The molecule has 0 radical (unpaired) electrons. The Kier molecular flexibility index (Phi) is 6.76. The van der Waals surface area contributed by atoms with Gasteiger partial charge in [-0.1, -0.05) is 133 Å². The molecule has 9 aromatic carbocycles. The Morgan fingerprint density at radius 2 is 0.929 bits per heavy atom. The second-order valence-electron chi connectivity index (χ2n) is 14.5. The standard InChI is InChI=1S/C51H30N4S/c1-2-12-32-25-36(22-21-31(32)11-1)49-52-50(37-23-24-42-41-18-8-10-20-47(41)56-48(42)29-37)54-51(53-49)44-30-38(26-35-15-5-6-16-39(35)44)55-45-19-9-7-17-40(45)43-27-33-13-3-4-14-34(33)28-46(43)55/h1-30H. The van der Waals surface area contributed by atoms with Gasteiger partial charge in [0.15, 0.2) is 17.5 Å². The Morgan fingerprint density at radius 3 is 1.75 bits per heavy atom. The van der Waals surface area contributed by atoms with Gasteiger partial charge in [-0.3, -0.25) is 0 Å². The third-order valence-electron chi connectivity index (χ3n) is 11.2. The van der Waals surface area contributed by atoms with E-state index in [9.17, 15) is 0 Å². The third-order valence-corrected chi connectivity index (χ3v) is 12.3. The highest BCUT2D eigenvalue weighted by molar-refractivity contribution is 7.25. The molecule has 0 saturated heterocycles. The van der Waals surface area contributed by atoms with E-state index in [-0.39, 0.29) is 0 Å². The molecule has 0 fully saturated rings. The summed E-state index contributed by atoms with van der Waals surface area (Å²) in [7, 11) is 0. The Balaban J connectivity index is 1.13. The highest BCUT2D eigenvalue weighted by Gasteiger charge is 2.19. The summed E-state index contributed by atoms with van der Waals surface area (Å²) in [5.41, 5.74) is 6.25. The van der Waals surface area contributed by atoms with Crippen LogP contribution in [0.15, 0.2) is 182 Å². The summed E-state index contributed by atoms with van der Waals surface area (Å²) in [6.45, 7) is 0. The largest absolute Gasteiger partial charge is 0.309 e. The lowest BCUT2D eigenvalue weighted by molar-refractivity contribution is 1.08. The zero-order valence-corrected chi connectivity index (χ0v) is 30.8. The summed E-state index contributed by atoms with van der Waals surface area (Å²) in [4.78, 5) is 15.9. The van der Waals surface area contributed by atoms with Crippen molar-refractivity contribution in [3.05, 3.63) is 182 Å². The molecule has 0 unspecified atom stereocenters. The molecule has 0 spiro atoms. The van der Waals surface area contributed by atoms with Gasteiger partial charge in [-0.15, -0.1) is 11.3 Å². The summed E-state index contributed by atoms with van der Waals surface area (Å²) in [6, 6.07) is 65.2. The van der Waals surface area contributed by atoms with Crippen molar-refractivity contribution in [2.45, 2.75) is 0 Å². The highest BCUT2D eigenvalue weighted by Crippen LogP contribution is 2.40. The van der Waals surface area contributed by atoms with Crippen molar-refractivity contribution in [3.8, 4) is 39.9 Å².